The van der Waals surface area contributed by atoms with Crippen LogP contribution in [0.5, 0.6) is 0 Å². The molecule has 31 heavy (non-hydrogen) atoms. The van der Waals surface area contributed by atoms with E-state index in [0.29, 0.717) is 0 Å². The average Bonchev–Trinajstić information content (AvgIpc) is 3.27. The van der Waals surface area contributed by atoms with Crippen molar-refractivity contribution in [1.29, 1.82) is 0 Å². The summed E-state index contributed by atoms with van der Waals surface area (Å²) in [6.07, 6.45) is 6.39. The molecule has 2 aliphatic rings. The van der Waals surface area contributed by atoms with Crippen molar-refractivity contribution in [2.45, 2.75) is 49.5 Å². The predicted octanol–water partition coefficient (Wildman–Crippen LogP) is 8.17. The minimum absolute atomic E-state index is 0.0626. The normalized spacial score (nSPS) is 17.5. The van der Waals surface area contributed by atoms with Crippen LogP contribution >= 0.6 is 11.8 Å². The number of benzene rings is 3. The summed E-state index contributed by atoms with van der Waals surface area (Å²) in [5, 5.41) is 1.40. The van der Waals surface area contributed by atoms with Gasteiger partial charge in [0.25, 0.3) is 0 Å². The Morgan fingerprint density at radius 3 is 2.13 bits per heavy atom. The zero-order valence-corrected chi connectivity index (χ0v) is 18.8. The first-order valence-corrected chi connectivity index (χ1v) is 12.3. The first kappa shape index (κ1) is 19.0. The van der Waals surface area contributed by atoms with Gasteiger partial charge in [0.05, 0.1) is 11.2 Å². The molecule has 1 spiro atoms. The third kappa shape index (κ3) is 2.85. The highest BCUT2D eigenvalue weighted by Crippen LogP contribution is 2.59. The lowest BCUT2D eigenvalue weighted by atomic mass is 9.80. The zero-order valence-electron chi connectivity index (χ0n) is 18.0. The maximum absolute atomic E-state index is 2.74. The Bertz CT molecular complexity index is 1270. The number of para-hydroxylation sites is 1. The minimum atomic E-state index is 0.0626. The van der Waals surface area contributed by atoms with Gasteiger partial charge in [-0.25, -0.2) is 0 Å². The molecule has 1 nitrogen and oxygen atoms in total. The molecular formula is C29H27NS. The Hall–Kier alpha value is -2.71. The Morgan fingerprint density at radius 2 is 1.39 bits per heavy atom. The van der Waals surface area contributed by atoms with Crippen LogP contribution in [0.15, 0.2) is 94.7 Å². The molecule has 0 amide bonds. The first-order valence-electron chi connectivity index (χ1n) is 11.4. The fourth-order valence-electron chi connectivity index (χ4n) is 5.80. The van der Waals surface area contributed by atoms with Crippen LogP contribution in [0.1, 0.15) is 48.9 Å². The monoisotopic (exact) mass is 421 g/mol. The van der Waals surface area contributed by atoms with Gasteiger partial charge in [-0.1, -0.05) is 97.8 Å². The van der Waals surface area contributed by atoms with Gasteiger partial charge in [-0.15, -0.1) is 0 Å². The molecule has 6 rings (SSSR count). The molecule has 1 aliphatic heterocycles. The van der Waals surface area contributed by atoms with Gasteiger partial charge in [0.1, 0.15) is 0 Å². The number of aromatic nitrogens is 1. The van der Waals surface area contributed by atoms with Gasteiger partial charge in [-0.2, -0.15) is 0 Å². The summed E-state index contributed by atoms with van der Waals surface area (Å²) in [6.45, 7) is 2.32. The highest BCUT2D eigenvalue weighted by Gasteiger charge is 2.47. The summed E-state index contributed by atoms with van der Waals surface area (Å²) in [4.78, 5) is 2.89. The van der Waals surface area contributed by atoms with Crippen LogP contribution in [0, 0.1) is 6.92 Å². The van der Waals surface area contributed by atoms with E-state index in [-0.39, 0.29) is 5.54 Å². The molecule has 1 fully saturated rings. The molecule has 2 heteroatoms. The van der Waals surface area contributed by atoms with Crippen molar-refractivity contribution in [3.63, 3.8) is 0 Å². The van der Waals surface area contributed by atoms with Gasteiger partial charge in [0, 0.05) is 26.3 Å². The van der Waals surface area contributed by atoms with Gasteiger partial charge in [0.2, 0.25) is 0 Å². The van der Waals surface area contributed by atoms with Crippen molar-refractivity contribution < 1.29 is 0 Å². The number of aryl methyl sites for hydroxylation is 1. The Balaban J connectivity index is 1.70. The van der Waals surface area contributed by atoms with Crippen molar-refractivity contribution in [3.05, 3.63) is 107 Å². The van der Waals surface area contributed by atoms with E-state index in [9.17, 15) is 0 Å². The molecule has 0 unspecified atom stereocenters. The maximum atomic E-state index is 2.74. The fraction of sp³-hybridized carbons (Fsp3) is 0.241. The standard InChI is InChI=1S/C29H27NS/c1-21-24-17-9-10-18-25(24)30-27(21)26(22-13-5-2-6-14-22)28(29(30)19-11-4-12-20-29)31-23-15-7-3-8-16-23/h2-3,5-10,13-18H,4,11-12,19-20H2,1H3. The van der Waals surface area contributed by atoms with E-state index in [0.717, 1.165) is 0 Å². The molecule has 0 saturated heterocycles. The van der Waals surface area contributed by atoms with Gasteiger partial charge in [0.15, 0.2) is 0 Å². The lowest BCUT2D eigenvalue weighted by Crippen LogP contribution is -2.34. The second-order valence-corrected chi connectivity index (χ2v) is 9.99. The van der Waals surface area contributed by atoms with E-state index in [4.69, 9.17) is 0 Å². The molecule has 1 saturated carbocycles. The Labute approximate surface area is 188 Å². The molecule has 0 bridgehead atoms. The molecule has 3 aromatic carbocycles. The summed E-state index contributed by atoms with van der Waals surface area (Å²) < 4.78 is 2.74. The van der Waals surface area contributed by atoms with Gasteiger partial charge < -0.3 is 4.57 Å². The van der Waals surface area contributed by atoms with Crippen LogP contribution in [-0.4, -0.2) is 4.57 Å². The van der Waals surface area contributed by atoms with E-state index in [1.807, 2.05) is 11.8 Å². The molecule has 1 aliphatic carbocycles. The lowest BCUT2D eigenvalue weighted by molar-refractivity contribution is 0.266. The minimum Gasteiger partial charge on any atom is -0.329 e. The van der Waals surface area contributed by atoms with E-state index >= 15 is 0 Å². The van der Waals surface area contributed by atoms with Crippen molar-refractivity contribution in [2.24, 2.45) is 0 Å². The van der Waals surface area contributed by atoms with E-state index < -0.39 is 0 Å². The summed E-state index contributed by atoms with van der Waals surface area (Å²) in [5.41, 5.74) is 7.11. The molecule has 0 N–H and O–H groups in total. The van der Waals surface area contributed by atoms with E-state index in [1.165, 1.54) is 70.3 Å². The molecule has 4 aromatic rings. The number of nitrogens with zero attached hydrogens (tertiary/aromatic N) is 1. The van der Waals surface area contributed by atoms with Crippen LogP contribution in [-0.2, 0) is 5.54 Å². The highest BCUT2D eigenvalue weighted by molar-refractivity contribution is 8.03. The topological polar surface area (TPSA) is 4.93 Å². The zero-order chi connectivity index (χ0) is 20.8. The average molecular weight is 422 g/mol. The molecule has 0 radical (unpaired) electrons. The van der Waals surface area contributed by atoms with E-state index in [2.05, 4.69) is 96.4 Å². The van der Waals surface area contributed by atoms with Crippen LogP contribution in [0.3, 0.4) is 0 Å². The quantitative estimate of drug-likeness (QED) is 0.323. The first-order chi connectivity index (χ1) is 15.3. The number of thioether (sulfide) groups is 1. The maximum Gasteiger partial charge on any atom is 0.0772 e. The third-order valence-electron chi connectivity index (χ3n) is 7.15. The fourth-order valence-corrected chi connectivity index (χ4v) is 7.13. The highest BCUT2D eigenvalue weighted by atomic mass is 32.2. The molecule has 1 aromatic heterocycles. The van der Waals surface area contributed by atoms with Gasteiger partial charge in [-0.05, 0) is 49.1 Å². The largest absolute Gasteiger partial charge is 0.329 e. The van der Waals surface area contributed by atoms with Crippen molar-refractivity contribution in [1.82, 2.24) is 4.57 Å². The third-order valence-corrected chi connectivity index (χ3v) is 8.44. The number of allylic oxidation sites excluding steroid dienone is 1. The smallest absolute Gasteiger partial charge is 0.0772 e. The summed E-state index contributed by atoms with van der Waals surface area (Å²) in [6, 6.07) is 31.1. The second kappa shape index (κ2) is 7.46. The number of rotatable bonds is 3. The van der Waals surface area contributed by atoms with Crippen LogP contribution < -0.4 is 0 Å². The molecular weight excluding hydrogens is 394 g/mol. The lowest BCUT2D eigenvalue weighted by Gasteiger charge is -2.39. The van der Waals surface area contributed by atoms with Gasteiger partial charge >= 0.3 is 0 Å². The molecule has 154 valence electrons. The van der Waals surface area contributed by atoms with Crippen molar-refractivity contribution in [3.8, 4) is 0 Å². The Kier molecular flexibility index (Phi) is 4.57. The van der Waals surface area contributed by atoms with Crippen LogP contribution in [0.2, 0.25) is 0 Å². The molecule has 0 atom stereocenters. The van der Waals surface area contributed by atoms with Gasteiger partial charge in [-0.3, -0.25) is 0 Å². The van der Waals surface area contributed by atoms with Crippen molar-refractivity contribution >= 4 is 28.2 Å². The number of fused-ring (bicyclic) bond motifs is 4. The summed E-state index contributed by atoms with van der Waals surface area (Å²) in [5.74, 6) is 0. The summed E-state index contributed by atoms with van der Waals surface area (Å²) in [7, 11) is 0. The number of hydrogen-bond donors (Lipinski definition) is 0. The molecule has 2 heterocycles. The van der Waals surface area contributed by atoms with E-state index in [1.54, 1.807) is 4.91 Å². The Morgan fingerprint density at radius 1 is 0.742 bits per heavy atom. The predicted molar refractivity (Wildman–Crippen MR) is 132 cm³/mol. The number of hydrogen-bond acceptors (Lipinski definition) is 1. The second-order valence-electron chi connectivity index (χ2n) is 8.90. The van der Waals surface area contributed by atoms with Crippen LogP contribution in [0.4, 0.5) is 0 Å². The van der Waals surface area contributed by atoms with Crippen molar-refractivity contribution in [2.75, 3.05) is 0 Å². The summed E-state index contributed by atoms with van der Waals surface area (Å²) >= 11 is 2.00. The SMILES string of the molecule is Cc1c2n(c3ccccc13)C1(CCCCC1)C(Sc1ccccc1)=C2c1ccccc1. The van der Waals surface area contributed by atoms with Crippen LogP contribution in [0.25, 0.3) is 16.5 Å².